The molecule has 2 aromatic carbocycles. The maximum atomic E-state index is 13.8. The Bertz CT molecular complexity index is 1620. The van der Waals surface area contributed by atoms with Gasteiger partial charge in [0, 0.05) is 0 Å². The van der Waals surface area contributed by atoms with Gasteiger partial charge in [0.1, 0.15) is 10.5 Å². The highest BCUT2D eigenvalue weighted by Gasteiger charge is 2.45. The van der Waals surface area contributed by atoms with Crippen molar-refractivity contribution in [1.82, 2.24) is 4.98 Å². The van der Waals surface area contributed by atoms with E-state index in [1.54, 1.807) is 49.4 Å². The summed E-state index contributed by atoms with van der Waals surface area (Å²) in [7, 11) is 2.82. The minimum atomic E-state index is -0.868. The van der Waals surface area contributed by atoms with Crippen LogP contribution in [0.1, 0.15) is 69.3 Å². The molecule has 0 saturated heterocycles. The number of hydrogen-bond acceptors (Lipinski definition) is 9. The van der Waals surface area contributed by atoms with Gasteiger partial charge in [-0.1, -0.05) is 49.3 Å². The van der Waals surface area contributed by atoms with Gasteiger partial charge in [-0.05, 0) is 43.2 Å². The predicted octanol–water partition coefficient (Wildman–Crippen LogP) is 5.67. The Morgan fingerprint density at radius 1 is 1.10 bits per heavy atom. The molecule has 1 atom stereocenters. The van der Waals surface area contributed by atoms with Crippen LogP contribution in [0.5, 0.6) is 11.5 Å². The van der Waals surface area contributed by atoms with Crippen LogP contribution < -0.4 is 19.8 Å². The number of aryl methyl sites for hydroxylation is 1. The number of methoxy groups -OCH3 is 2. The van der Waals surface area contributed by atoms with Crippen LogP contribution in [0.25, 0.3) is 11.0 Å². The molecule has 1 aliphatic rings. The number of anilines is 1. The van der Waals surface area contributed by atoms with Crippen LogP contribution in [0.4, 0.5) is 5.13 Å². The number of thiazole rings is 1. The molecule has 0 N–H and O–H groups in total. The molecule has 0 saturated carbocycles. The number of nitrogens with zero attached hydrogens (tertiary/aromatic N) is 2. The molecule has 0 aliphatic carbocycles. The number of ether oxygens (including phenoxy) is 3. The molecule has 3 heterocycles. The van der Waals surface area contributed by atoms with E-state index in [4.69, 9.17) is 18.6 Å². The average Bonchev–Trinajstić information content (AvgIpc) is 3.47. The molecule has 2 aromatic heterocycles. The Kier molecular flexibility index (Phi) is 7.38. The second-order valence-electron chi connectivity index (χ2n) is 9.12. The maximum Gasteiger partial charge on any atom is 0.350 e. The number of para-hydroxylation sites is 1. The van der Waals surface area contributed by atoms with Crippen molar-refractivity contribution in [3.63, 3.8) is 0 Å². The molecule has 0 spiro atoms. The summed E-state index contributed by atoms with van der Waals surface area (Å²) in [6, 6.07) is 11.3. The summed E-state index contributed by atoms with van der Waals surface area (Å²) >= 11 is 1.02. The summed E-state index contributed by atoms with van der Waals surface area (Å²) in [6.07, 6.45) is 3.05. The largest absolute Gasteiger partial charge is 0.493 e. The molecule has 1 amide bonds. The molecule has 0 unspecified atom stereocenters. The van der Waals surface area contributed by atoms with Gasteiger partial charge in [0.25, 0.3) is 5.91 Å². The van der Waals surface area contributed by atoms with E-state index in [0.717, 1.165) is 30.6 Å². The van der Waals surface area contributed by atoms with Crippen molar-refractivity contribution in [3.05, 3.63) is 80.1 Å². The topological polar surface area (TPSA) is 108 Å². The summed E-state index contributed by atoms with van der Waals surface area (Å²) in [5.41, 5.74) is 1.23. The van der Waals surface area contributed by atoms with Gasteiger partial charge < -0.3 is 18.6 Å². The van der Waals surface area contributed by atoms with E-state index in [0.29, 0.717) is 40.3 Å². The average molecular weight is 549 g/mol. The molecular formula is C29H28N2O7S. The number of benzene rings is 2. The van der Waals surface area contributed by atoms with Crippen LogP contribution in [0.3, 0.4) is 0 Å². The fraction of sp³-hybridized carbons (Fsp3) is 0.310. The summed E-state index contributed by atoms with van der Waals surface area (Å²) in [5.74, 6) is -0.0993. The third kappa shape index (κ3) is 4.65. The van der Waals surface area contributed by atoms with Gasteiger partial charge in [-0.25, -0.2) is 9.78 Å². The molecule has 9 nitrogen and oxygen atoms in total. The number of amides is 1. The lowest BCUT2D eigenvalue weighted by atomic mass is 9.98. The summed E-state index contributed by atoms with van der Waals surface area (Å²) in [6.45, 7) is 4.34. The van der Waals surface area contributed by atoms with Gasteiger partial charge in [-0.2, -0.15) is 0 Å². The number of aromatic nitrogens is 1. The van der Waals surface area contributed by atoms with Gasteiger partial charge >= 0.3 is 5.97 Å². The highest BCUT2D eigenvalue weighted by molar-refractivity contribution is 7.17. The summed E-state index contributed by atoms with van der Waals surface area (Å²) in [5, 5.41) is 0.612. The molecule has 39 heavy (non-hydrogen) atoms. The first-order valence-electron chi connectivity index (χ1n) is 12.6. The number of esters is 1. The van der Waals surface area contributed by atoms with E-state index in [2.05, 4.69) is 11.9 Å². The number of unbranched alkanes of at least 4 members (excludes halogenated alkanes) is 2. The van der Waals surface area contributed by atoms with Gasteiger partial charge in [-0.15, -0.1) is 0 Å². The Hall–Kier alpha value is -4.18. The van der Waals surface area contributed by atoms with Gasteiger partial charge in [0.2, 0.25) is 5.76 Å². The van der Waals surface area contributed by atoms with Crippen LogP contribution >= 0.6 is 11.3 Å². The minimum absolute atomic E-state index is 0.0602. The van der Waals surface area contributed by atoms with Crippen molar-refractivity contribution in [3.8, 4) is 11.5 Å². The predicted molar refractivity (Wildman–Crippen MR) is 147 cm³/mol. The minimum Gasteiger partial charge on any atom is -0.493 e. The van der Waals surface area contributed by atoms with Crippen molar-refractivity contribution in [2.24, 2.45) is 0 Å². The Morgan fingerprint density at radius 2 is 1.90 bits per heavy atom. The van der Waals surface area contributed by atoms with Gasteiger partial charge in [-0.3, -0.25) is 14.5 Å². The Morgan fingerprint density at radius 3 is 2.64 bits per heavy atom. The summed E-state index contributed by atoms with van der Waals surface area (Å²) in [4.78, 5) is 46.1. The smallest absolute Gasteiger partial charge is 0.350 e. The van der Waals surface area contributed by atoms with Crippen molar-refractivity contribution >= 4 is 39.3 Å². The highest BCUT2D eigenvalue weighted by Crippen LogP contribution is 2.44. The van der Waals surface area contributed by atoms with E-state index in [1.165, 1.54) is 19.1 Å². The van der Waals surface area contributed by atoms with Crippen molar-refractivity contribution in [2.45, 2.75) is 39.2 Å². The van der Waals surface area contributed by atoms with E-state index in [1.807, 2.05) is 0 Å². The number of carbonyl (C=O) groups is 2. The van der Waals surface area contributed by atoms with E-state index < -0.39 is 17.9 Å². The number of carbonyl (C=O) groups excluding carboxylic acids is 2. The Balaban J connectivity index is 1.67. The zero-order chi connectivity index (χ0) is 27.7. The van der Waals surface area contributed by atoms with Gasteiger partial charge in [0.15, 0.2) is 22.1 Å². The molecule has 1 aliphatic heterocycles. The van der Waals surface area contributed by atoms with Crippen molar-refractivity contribution < 1.29 is 28.2 Å². The van der Waals surface area contributed by atoms with Crippen LogP contribution in [0.2, 0.25) is 0 Å². The fourth-order valence-electron chi connectivity index (χ4n) is 4.71. The first-order chi connectivity index (χ1) is 18.9. The molecule has 5 rings (SSSR count). The molecule has 10 heteroatoms. The Labute approximate surface area is 228 Å². The zero-order valence-electron chi connectivity index (χ0n) is 22.1. The fourth-order valence-corrected chi connectivity index (χ4v) is 5.72. The number of fused-ring (bicyclic) bond motifs is 2. The lowest BCUT2D eigenvalue weighted by molar-refractivity contribution is 0.0605. The molecule has 4 aromatic rings. The van der Waals surface area contributed by atoms with Crippen LogP contribution in [-0.4, -0.2) is 37.7 Å². The second kappa shape index (κ2) is 10.9. The number of hydrogen-bond donors (Lipinski definition) is 0. The molecule has 0 fully saturated rings. The van der Waals surface area contributed by atoms with E-state index in [-0.39, 0.29) is 26.8 Å². The van der Waals surface area contributed by atoms with Crippen LogP contribution in [0, 0.1) is 6.92 Å². The zero-order valence-corrected chi connectivity index (χ0v) is 22.9. The van der Waals surface area contributed by atoms with Crippen molar-refractivity contribution in [2.75, 3.05) is 25.7 Å². The summed E-state index contributed by atoms with van der Waals surface area (Å²) < 4.78 is 22.5. The van der Waals surface area contributed by atoms with E-state index in [9.17, 15) is 14.4 Å². The maximum absolute atomic E-state index is 13.8. The molecule has 0 bridgehead atoms. The quantitative estimate of drug-likeness (QED) is 0.194. The molecular weight excluding hydrogens is 520 g/mol. The van der Waals surface area contributed by atoms with E-state index >= 15 is 0 Å². The monoisotopic (exact) mass is 548 g/mol. The van der Waals surface area contributed by atoms with Crippen LogP contribution in [0.15, 0.2) is 51.7 Å². The normalized spacial score (nSPS) is 14.5. The highest BCUT2D eigenvalue weighted by atomic mass is 32.1. The first-order valence-corrected chi connectivity index (χ1v) is 13.5. The van der Waals surface area contributed by atoms with Gasteiger partial charge in [0.05, 0.1) is 43.5 Å². The molecule has 202 valence electrons. The molecule has 0 radical (unpaired) electrons. The lowest BCUT2D eigenvalue weighted by Crippen LogP contribution is -2.29. The lowest BCUT2D eigenvalue weighted by Gasteiger charge is -2.23. The number of rotatable bonds is 9. The third-order valence-electron chi connectivity index (χ3n) is 6.65. The standard InChI is InChI=1S/C29H28N2O7S/c1-5-6-9-14-37-20-13-12-17(15-21(20)35-3)23-22-24(32)18-10-7-8-11-19(18)38-25(22)27(33)31(23)29-30-16(2)26(39-29)28(34)36-4/h7-8,10-13,15,23H,5-6,9,14H2,1-4H3/t23-/m0/s1. The third-order valence-corrected chi connectivity index (χ3v) is 7.79. The second-order valence-corrected chi connectivity index (χ2v) is 10.1. The van der Waals surface area contributed by atoms with Crippen molar-refractivity contribution in [1.29, 1.82) is 0 Å². The van der Waals surface area contributed by atoms with Crippen LogP contribution in [-0.2, 0) is 4.74 Å². The first kappa shape index (κ1) is 26.4. The SMILES string of the molecule is CCCCCOc1ccc([C@H]2c3c(oc4ccccc4c3=O)C(=O)N2c2nc(C)c(C(=O)OC)s2)cc1OC.